The maximum absolute atomic E-state index is 12.7. The molecule has 1 aliphatic heterocycles. The van der Waals surface area contributed by atoms with Gasteiger partial charge in [-0.25, -0.2) is 4.98 Å². The molecule has 3 unspecified atom stereocenters. The Morgan fingerprint density at radius 1 is 1.36 bits per heavy atom. The molecule has 4 rings (SSSR count). The number of hydrogen-bond donors (Lipinski definition) is 1. The average Bonchev–Trinajstić information content (AvgIpc) is 3.08. The number of nitrogens with zero attached hydrogens (tertiary/aromatic N) is 3. The van der Waals surface area contributed by atoms with E-state index in [9.17, 15) is 9.90 Å². The molecule has 1 saturated heterocycles. The maximum Gasteiger partial charge on any atom is 0.262 e. The summed E-state index contributed by atoms with van der Waals surface area (Å²) in [6.07, 6.45) is 0.577. The van der Waals surface area contributed by atoms with Crippen molar-refractivity contribution >= 4 is 28.5 Å². The van der Waals surface area contributed by atoms with Crippen LogP contribution in [-0.4, -0.2) is 27.7 Å². The molecule has 5 nitrogen and oxygen atoms in total. The molecule has 0 spiro atoms. The van der Waals surface area contributed by atoms with Crippen molar-refractivity contribution in [2.24, 2.45) is 18.9 Å². The first kappa shape index (κ1) is 14.0. The second kappa shape index (κ2) is 4.70. The van der Waals surface area contributed by atoms with E-state index in [0.717, 1.165) is 24.9 Å². The standard InChI is InChI=1S/C16H18ClN3O2/c1-8(21)12-4-11(17)5-13-14(12)18-16(19(2)15(13)22)20-6-9-3-10(9)7-20/h4-5,8-10,21H,3,6-7H2,1-2H3. The third kappa shape index (κ3) is 2.03. The van der Waals surface area contributed by atoms with Crippen LogP contribution in [0.2, 0.25) is 5.02 Å². The number of piperidine rings is 1. The monoisotopic (exact) mass is 319 g/mol. The fraction of sp³-hybridized carbons (Fsp3) is 0.500. The van der Waals surface area contributed by atoms with Gasteiger partial charge in [-0.1, -0.05) is 11.6 Å². The summed E-state index contributed by atoms with van der Waals surface area (Å²) in [5.74, 6) is 2.21. The van der Waals surface area contributed by atoms with Gasteiger partial charge in [0.25, 0.3) is 5.56 Å². The summed E-state index contributed by atoms with van der Waals surface area (Å²) in [6, 6.07) is 3.32. The van der Waals surface area contributed by atoms with Crippen LogP contribution in [0.4, 0.5) is 5.95 Å². The number of rotatable bonds is 2. The number of halogens is 1. The van der Waals surface area contributed by atoms with Gasteiger partial charge in [-0.2, -0.15) is 0 Å². The number of aliphatic hydroxyl groups excluding tert-OH is 1. The number of benzene rings is 1. The zero-order valence-electron chi connectivity index (χ0n) is 12.6. The highest BCUT2D eigenvalue weighted by atomic mass is 35.5. The first-order valence-corrected chi connectivity index (χ1v) is 7.96. The molecule has 3 atom stereocenters. The SMILES string of the molecule is CC(O)c1cc(Cl)cc2c(=O)n(C)c(N3CC4CC4C3)nc12. The molecule has 0 amide bonds. The van der Waals surface area contributed by atoms with Crippen molar-refractivity contribution in [3.05, 3.63) is 33.1 Å². The highest BCUT2D eigenvalue weighted by Gasteiger charge is 2.46. The van der Waals surface area contributed by atoms with Gasteiger partial charge in [0.05, 0.1) is 17.0 Å². The molecular weight excluding hydrogens is 302 g/mol. The lowest BCUT2D eigenvalue weighted by molar-refractivity contribution is 0.200. The van der Waals surface area contributed by atoms with E-state index in [1.807, 2.05) is 0 Å². The lowest BCUT2D eigenvalue weighted by atomic mass is 10.1. The third-order valence-electron chi connectivity index (χ3n) is 4.86. The van der Waals surface area contributed by atoms with Gasteiger partial charge in [0.2, 0.25) is 5.95 Å². The minimum Gasteiger partial charge on any atom is -0.389 e. The van der Waals surface area contributed by atoms with Crippen LogP contribution in [0.1, 0.15) is 25.0 Å². The summed E-state index contributed by atoms with van der Waals surface area (Å²) in [6.45, 7) is 3.59. The number of aliphatic hydroxyl groups is 1. The van der Waals surface area contributed by atoms with Gasteiger partial charge in [-0.3, -0.25) is 9.36 Å². The second-order valence-electron chi connectivity index (χ2n) is 6.50. The lowest BCUT2D eigenvalue weighted by Gasteiger charge is -2.22. The topological polar surface area (TPSA) is 58.4 Å². The van der Waals surface area contributed by atoms with Crippen molar-refractivity contribution in [2.45, 2.75) is 19.4 Å². The number of anilines is 1. The highest BCUT2D eigenvalue weighted by Crippen LogP contribution is 2.45. The molecule has 6 heteroatoms. The van der Waals surface area contributed by atoms with Crippen LogP contribution >= 0.6 is 11.6 Å². The molecule has 0 radical (unpaired) electrons. The fourth-order valence-corrected chi connectivity index (χ4v) is 3.74. The molecule has 2 heterocycles. The molecule has 0 bridgehead atoms. The van der Waals surface area contributed by atoms with Crippen LogP contribution in [0.3, 0.4) is 0 Å². The van der Waals surface area contributed by atoms with E-state index in [1.165, 1.54) is 6.42 Å². The Morgan fingerprint density at radius 3 is 2.68 bits per heavy atom. The van der Waals surface area contributed by atoms with Crippen LogP contribution < -0.4 is 10.5 Å². The molecule has 2 aromatic rings. The largest absolute Gasteiger partial charge is 0.389 e. The first-order valence-electron chi connectivity index (χ1n) is 7.59. The van der Waals surface area contributed by atoms with Gasteiger partial charge in [-0.05, 0) is 37.3 Å². The summed E-state index contributed by atoms with van der Waals surface area (Å²) >= 11 is 6.09. The van der Waals surface area contributed by atoms with E-state index < -0.39 is 6.10 Å². The van der Waals surface area contributed by atoms with Gasteiger partial charge >= 0.3 is 0 Å². The Bertz CT molecular complexity index is 820. The van der Waals surface area contributed by atoms with Gasteiger partial charge in [-0.15, -0.1) is 0 Å². The third-order valence-corrected chi connectivity index (χ3v) is 5.08. The molecule has 2 fully saturated rings. The Morgan fingerprint density at radius 2 is 2.05 bits per heavy atom. The normalized spacial score (nSPS) is 24.6. The smallest absolute Gasteiger partial charge is 0.262 e. The summed E-state index contributed by atoms with van der Waals surface area (Å²) in [5.41, 5.74) is 1.04. The summed E-state index contributed by atoms with van der Waals surface area (Å²) in [7, 11) is 1.75. The summed E-state index contributed by atoms with van der Waals surface area (Å²) in [4.78, 5) is 19.6. The molecule has 1 saturated carbocycles. The Hall–Kier alpha value is -1.59. The van der Waals surface area contributed by atoms with E-state index >= 15 is 0 Å². The van der Waals surface area contributed by atoms with Gasteiger partial charge in [0, 0.05) is 30.7 Å². The van der Waals surface area contributed by atoms with E-state index in [0.29, 0.717) is 27.4 Å². The number of fused-ring (bicyclic) bond motifs is 2. The number of aromatic nitrogens is 2. The van der Waals surface area contributed by atoms with Crippen molar-refractivity contribution in [3.63, 3.8) is 0 Å². The number of hydrogen-bond acceptors (Lipinski definition) is 4. The van der Waals surface area contributed by atoms with E-state index in [4.69, 9.17) is 16.6 Å². The molecule has 1 aromatic heterocycles. The van der Waals surface area contributed by atoms with Crippen molar-refractivity contribution in [3.8, 4) is 0 Å². The fourth-order valence-electron chi connectivity index (χ4n) is 3.52. The van der Waals surface area contributed by atoms with Gasteiger partial charge < -0.3 is 10.0 Å². The Kier molecular flexibility index (Phi) is 3.00. The minimum absolute atomic E-state index is 0.120. The van der Waals surface area contributed by atoms with E-state index in [-0.39, 0.29) is 5.56 Å². The molecule has 22 heavy (non-hydrogen) atoms. The molecule has 116 valence electrons. The highest BCUT2D eigenvalue weighted by molar-refractivity contribution is 6.31. The molecule has 1 aliphatic carbocycles. The Balaban J connectivity index is 1.95. The predicted octanol–water partition coefficient (Wildman–Crippen LogP) is 2.10. The van der Waals surface area contributed by atoms with Crippen LogP contribution in [0.25, 0.3) is 10.9 Å². The summed E-state index contributed by atoms with van der Waals surface area (Å²) in [5, 5.41) is 10.9. The Labute approximate surface area is 133 Å². The van der Waals surface area contributed by atoms with Crippen LogP contribution in [0.5, 0.6) is 0 Å². The zero-order chi connectivity index (χ0) is 15.6. The van der Waals surface area contributed by atoms with Crippen molar-refractivity contribution in [1.82, 2.24) is 9.55 Å². The van der Waals surface area contributed by atoms with Crippen molar-refractivity contribution in [2.75, 3.05) is 18.0 Å². The van der Waals surface area contributed by atoms with Gasteiger partial charge in [0.15, 0.2) is 0 Å². The summed E-state index contributed by atoms with van der Waals surface area (Å²) < 4.78 is 1.59. The quantitative estimate of drug-likeness (QED) is 0.921. The minimum atomic E-state index is -0.722. The zero-order valence-corrected chi connectivity index (χ0v) is 13.3. The maximum atomic E-state index is 12.7. The first-order chi connectivity index (χ1) is 10.5. The molecular formula is C16H18ClN3O2. The lowest BCUT2D eigenvalue weighted by Crippen LogP contribution is -2.31. The van der Waals surface area contributed by atoms with E-state index in [2.05, 4.69) is 4.90 Å². The van der Waals surface area contributed by atoms with Crippen molar-refractivity contribution < 1.29 is 5.11 Å². The van der Waals surface area contributed by atoms with E-state index in [1.54, 1.807) is 30.7 Å². The van der Waals surface area contributed by atoms with Crippen LogP contribution in [0, 0.1) is 11.8 Å². The molecule has 1 N–H and O–H groups in total. The second-order valence-corrected chi connectivity index (χ2v) is 6.94. The van der Waals surface area contributed by atoms with Crippen LogP contribution in [0.15, 0.2) is 16.9 Å². The van der Waals surface area contributed by atoms with Crippen LogP contribution in [-0.2, 0) is 7.05 Å². The average molecular weight is 320 g/mol. The van der Waals surface area contributed by atoms with Gasteiger partial charge in [0.1, 0.15) is 0 Å². The van der Waals surface area contributed by atoms with Crippen molar-refractivity contribution in [1.29, 1.82) is 0 Å². The predicted molar refractivity (Wildman–Crippen MR) is 86.4 cm³/mol. The molecule has 1 aromatic carbocycles. The molecule has 2 aliphatic rings.